The molecule has 5 aromatic rings. The second-order valence-corrected chi connectivity index (χ2v) is 10.5. The summed E-state index contributed by atoms with van der Waals surface area (Å²) in [7, 11) is 0. The highest BCUT2D eigenvalue weighted by Crippen LogP contribution is 2.26. The summed E-state index contributed by atoms with van der Waals surface area (Å²) in [5.74, 6) is 0.864. The van der Waals surface area contributed by atoms with E-state index in [1.807, 2.05) is 59.2 Å². The molecule has 37 heavy (non-hydrogen) atoms. The molecule has 0 amide bonds. The van der Waals surface area contributed by atoms with Gasteiger partial charge in [0.2, 0.25) is 0 Å². The fourth-order valence-corrected chi connectivity index (χ4v) is 5.76. The van der Waals surface area contributed by atoms with Gasteiger partial charge in [0.1, 0.15) is 5.82 Å². The molecule has 5 heteroatoms. The predicted octanol–water partition coefficient (Wildman–Crippen LogP) is 7.37. The number of unbranched alkanes of at least 4 members (excludes halogenated alkanes) is 2. The molecule has 0 aliphatic heterocycles. The summed E-state index contributed by atoms with van der Waals surface area (Å²) in [4.78, 5) is 19.7. The van der Waals surface area contributed by atoms with Crippen LogP contribution in [-0.4, -0.2) is 9.55 Å². The van der Waals surface area contributed by atoms with Crippen molar-refractivity contribution in [3.05, 3.63) is 123 Å². The highest BCUT2D eigenvalue weighted by atomic mass is 32.1. The normalized spacial score (nSPS) is 11.0. The van der Waals surface area contributed by atoms with E-state index in [1.165, 1.54) is 15.0 Å². The van der Waals surface area contributed by atoms with E-state index in [1.54, 1.807) is 17.5 Å². The molecule has 0 spiro atoms. The van der Waals surface area contributed by atoms with Crippen molar-refractivity contribution in [2.24, 2.45) is 0 Å². The molecule has 0 unspecified atom stereocenters. The minimum absolute atomic E-state index is 0.0397. The number of nitriles is 1. The minimum Gasteiger partial charge on any atom is -0.291 e. The molecule has 0 saturated heterocycles. The first-order valence-corrected chi connectivity index (χ1v) is 13.6. The van der Waals surface area contributed by atoms with Gasteiger partial charge in [-0.2, -0.15) is 5.26 Å². The molecule has 184 valence electrons. The molecule has 0 fully saturated rings. The Morgan fingerprint density at radius 1 is 0.973 bits per heavy atom. The van der Waals surface area contributed by atoms with Crippen molar-refractivity contribution >= 4 is 21.4 Å². The van der Waals surface area contributed by atoms with E-state index in [0.29, 0.717) is 24.1 Å². The van der Waals surface area contributed by atoms with Crippen LogP contribution >= 0.6 is 11.3 Å². The van der Waals surface area contributed by atoms with Gasteiger partial charge in [-0.3, -0.25) is 9.36 Å². The van der Waals surface area contributed by atoms with Crippen molar-refractivity contribution < 1.29 is 0 Å². The lowest BCUT2D eigenvalue weighted by Crippen LogP contribution is -2.28. The zero-order chi connectivity index (χ0) is 25.6. The molecule has 3 aromatic carbocycles. The number of hydrogen-bond acceptors (Lipinski definition) is 4. The summed E-state index contributed by atoms with van der Waals surface area (Å²) in [5, 5.41) is 10.6. The fourth-order valence-electron chi connectivity index (χ4n) is 4.71. The average Bonchev–Trinajstić information content (AvgIpc) is 3.35. The van der Waals surface area contributed by atoms with Crippen LogP contribution in [0.4, 0.5) is 0 Å². The van der Waals surface area contributed by atoms with E-state index >= 15 is 0 Å². The van der Waals surface area contributed by atoms with Crippen LogP contribution in [0.15, 0.2) is 89.9 Å². The lowest BCUT2D eigenvalue weighted by atomic mass is 9.98. The molecular formula is C32H29N3OS. The van der Waals surface area contributed by atoms with Crippen molar-refractivity contribution in [2.45, 2.75) is 45.6 Å². The largest absolute Gasteiger partial charge is 0.291 e. The lowest BCUT2D eigenvalue weighted by Gasteiger charge is -2.13. The van der Waals surface area contributed by atoms with E-state index in [2.05, 4.69) is 37.3 Å². The van der Waals surface area contributed by atoms with Crippen LogP contribution in [0.1, 0.15) is 53.6 Å². The van der Waals surface area contributed by atoms with Crippen LogP contribution in [-0.2, 0) is 19.4 Å². The third-order valence-corrected chi connectivity index (χ3v) is 7.80. The van der Waals surface area contributed by atoms with E-state index in [0.717, 1.165) is 48.2 Å². The Hall–Kier alpha value is -4.01. The maximum Gasteiger partial charge on any atom is 0.257 e. The number of fused-ring (bicyclic) bond motifs is 1. The molecular weight excluding hydrogens is 474 g/mol. The summed E-state index contributed by atoms with van der Waals surface area (Å²) < 4.78 is 3.12. The van der Waals surface area contributed by atoms with Gasteiger partial charge in [-0.25, -0.2) is 4.98 Å². The highest BCUT2D eigenvalue weighted by Gasteiger charge is 2.14. The molecule has 0 atom stereocenters. The Balaban J connectivity index is 1.44. The van der Waals surface area contributed by atoms with Gasteiger partial charge in [-0.1, -0.05) is 80.4 Å². The van der Waals surface area contributed by atoms with E-state index in [-0.39, 0.29) is 5.56 Å². The maximum atomic E-state index is 13.7. The first kappa shape index (κ1) is 24.7. The lowest BCUT2D eigenvalue weighted by molar-refractivity contribution is 0.618. The molecule has 0 radical (unpaired) electrons. The van der Waals surface area contributed by atoms with Crippen LogP contribution in [0.2, 0.25) is 0 Å². The van der Waals surface area contributed by atoms with Gasteiger partial charge >= 0.3 is 0 Å². The standard InChI is InChI=1S/C32H29N3OS/c1-2-3-4-13-31-34-21-27(32(36)35(31)22-28-19-25-9-6-8-12-30(25)37-28)18-23-14-16-24(17-15-23)29-11-7-5-10-26(29)20-33/h5-12,14-17,19,21H,2-4,13,18,22H2,1H3. The molecule has 0 bridgehead atoms. The minimum atomic E-state index is 0.0397. The number of nitrogens with zero attached hydrogens (tertiary/aromatic N) is 3. The van der Waals surface area contributed by atoms with Gasteiger partial charge in [0.05, 0.1) is 18.2 Å². The Bertz CT molecular complexity index is 1590. The molecule has 2 heterocycles. The number of aromatic nitrogens is 2. The molecule has 4 nitrogen and oxygen atoms in total. The molecule has 0 saturated carbocycles. The smallest absolute Gasteiger partial charge is 0.257 e. The summed E-state index contributed by atoms with van der Waals surface area (Å²) in [6.45, 7) is 2.73. The van der Waals surface area contributed by atoms with E-state index in [4.69, 9.17) is 4.98 Å². The summed E-state index contributed by atoms with van der Waals surface area (Å²) >= 11 is 1.74. The number of aryl methyl sites for hydroxylation is 1. The summed E-state index contributed by atoms with van der Waals surface area (Å²) in [6.07, 6.45) is 6.38. The number of benzene rings is 3. The van der Waals surface area contributed by atoms with Crippen LogP contribution in [0, 0.1) is 11.3 Å². The molecule has 0 N–H and O–H groups in total. The van der Waals surface area contributed by atoms with Crippen LogP contribution in [0.25, 0.3) is 21.2 Å². The van der Waals surface area contributed by atoms with Gasteiger partial charge in [0.15, 0.2) is 0 Å². The van der Waals surface area contributed by atoms with Crippen molar-refractivity contribution in [2.75, 3.05) is 0 Å². The number of rotatable bonds is 9. The van der Waals surface area contributed by atoms with Gasteiger partial charge in [0, 0.05) is 34.2 Å². The molecule has 0 aliphatic rings. The van der Waals surface area contributed by atoms with Gasteiger partial charge < -0.3 is 0 Å². The number of hydrogen-bond donors (Lipinski definition) is 0. The topological polar surface area (TPSA) is 58.7 Å². The Morgan fingerprint density at radius 2 is 1.76 bits per heavy atom. The predicted molar refractivity (Wildman–Crippen MR) is 152 cm³/mol. The maximum absolute atomic E-state index is 13.7. The average molecular weight is 504 g/mol. The second kappa shape index (κ2) is 11.4. The Kier molecular flexibility index (Phi) is 7.58. The van der Waals surface area contributed by atoms with Crippen molar-refractivity contribution in [1.82, 2.24) is 9.55 Å². The van der Waals surface area contributed by atoms with Gasteiger partial charge in [-0.05, 0) is 46.7 Å². The summed E-state index contributed by atoms with van der Waals surface area (Å²) in [6, 6.07) is 28.5. The number of thiophene rings is 1. The Labute approximate surface area is 221 Å². The van der Waals surface area contributed by atoms with Crippen molar-refractivity contribution in [3.63, 3.8) is 0 Å². The van der Waals surface area contributed by atoms with Crippen LogP contribution < -0.4 is 5.56 Å². The van der Waals surface area contributed by atoms with Crippen LogP contribution in [0.3, 0.4) is 0 Å². The quantitative estimate of drug-likeness (QED) is 0.197. The van der Waals surface area contributed by atoms with Crippen molar-refractivity contribution in [1.29, 1.82) is 5.26 Å². The second-order valence-electron chi connectivity index (χ2n) is 9.33. The SMILES string of the molecule is CCCCCc1ncc(Cc2ccc(-c3ccccc3C#N)cc2)c(=O)n1Cc1cc2ccccc2s1. The van der Waals surface area contributed by atoms with Gasteiger partial charge in [-0.15, -0.1) is 11.3 Å². The zero-order valence-corrected chi connectivity index (χ0v) is 21.8. The highest BCUT2D eigenvalue weighted by molar-refractivity contribution is 7.19. The first-order chi connectivity index (χ1) is 18.2. The molecule has 2 aromatic heterocycles. The van der Waals surface area contributed by atoms with Crippen molar-refractivity contribution in [3.8, 4) is 17.2 Å². The summed E-state index contributed by atoms with van der Waals surface area (Å²) in [5.41, 5.74) is 4.35. The first-order valence-electron chi connectivity index (χ1n) is 12.8. The molecule has 5 rings (SSSR count). The monoisotopic (exact) mass is 503 g/mol. The third kappa shape index (κ3) is 5.55. The van der Waals surface area contributed by atoms with Gasteiger partial charge in [0.25, 0.3) is 5.56 Å². The fraction of sp³-hybridized carbons (Fsp3) is 0.219. The Morgan fingerprint density at radius 3 is 2.54 bits per heavy atom. The van der Waals surface area contributed by atoms with E-state index < -0.39 is 0 Å². The molecule has 0 aliphatic carbocycles. The van der Waals surface area contributed by atoms with Crippen LogP contribution in [0.5, 0.6) is 0 Å². The third-order valence-electron chi connectivity index (χ3n) is 6.70. The zero-order valence-electron chi connectivity index (χ0n) is 21.0. The van der Waals surface area contributed by atoms with E-state index in [9.17, 15) is 10.1 Å².